The number of hydrogen-bond acceptors (Lipinski definition) is 4. The molecule has 148 valence electrons. The quantitative estimate of drug-likeness (QED) is 0.295. The standard InChI is InChI=1S/C20H13F4N3OS/c21-15-7-1-2-8-16(15)27-18(17-9-4-10-28-17)25-26-19(27)29-12-13-5-3-6-14(11-13)20(22,23)24/h1-11H,12H2. The van der Waals surface area contributed by atoms with Gasteiger partial charge in [0.1, 0.15) is 5.82 Å². The molecule has 0 aliphatic carbocycles. The second-order valence-electron chi connectivity index (χ2n) is 6.06. The highest BCUT2D eigenvalue weighted by Gasteiger charge is 2.30. The van der Waals surface area contributed by atoms with Crippen molar-refractivity contribution in [2.45, 2.75) is 17.1 Å². The number of alkyl halides is 3. The summed E-state index contributed by atoms with van der Waals surface area (Å²) >= 11 is 1.15. The number of nitrogens with zero attached hydrogens (tertiary/aromatic N) is 3. The largest absolute Gasteiger partial charge is 0.461 e. The first kappa shape index (κ1) is 19.3. The third kappa shape index (κ3) is 4.04. The van der Waals surface area contributed by atoms with Crippen molar-refractivity contribution in [3.63, 3.8) is 0 Å². The predicted molar refractivity (Wildman–Crippen MR) is 100 cm³/mol. The summed E-state index contributed by atoms with van der Waals surface area (Å²) in [4.78, 5) is 0. The Balaban J connectivity index is 1.69. The second kappa shape index (κ2) is 7.75. The van der Waals surface area contributed by atoms with E-state index in [1.807, 2.05) is 0 Å². The second-order valence-corrected chi connectivity index (χ2v) is 7.00. The van der Waals surface area contributed by atoms with Crippen molar-refractivity contribution < 1.29 is 22.0 Å². The summed E-state index contributed by atoms with van der Waals surface area (Å²) in [6.45, 7) is 0. The normalized spacial score (nSPS) is 11.7. The SMILES string of the molecule is Fc1ccccc1-n1c(SCc2cccc(C(F)(F)F)c2)nnc1-c1ccco1. The Morgan fingerprint density at radius 1 is 0.966 bits per heavy atom. The Morgan fingerprint density at radius 2 is 1.79 bits per heavy atom. The molecule has 29 heavy (non-hydrogen) atoms. The lowest BCUT2D eigenvalue weighted by molar-refractivity contribution is -0.137. The smallest absolute Gasteiger partial charge is 0.416 e. The molecule has 0 bridgehead atoms. The van der Waals surface area contributed by atoms with Crippen molar-refractivity contribution in [2.75, 3.05) is 0 Å². The number of hydrogen-bond donors (Lipinski definition) is 0. The zero-order valence-electron chi connectivity index (χ0n) is 14.7. The van der Waals surface area contributed by atoms with Crippen LogP contribution in [0.25, 0.3) is 17.3 Å². The number of furan rings is 1. The molecule has 0 N–H and O–H groups in total. The monoisotopic (exact) mass is 419 g/mol. The number of aromatic nitrogens is 3. The van der Waals surface area contributed by atoms with Gasteiger partial charge >= 0.3 is 6.18 Å². The van der Waals surface area contributed by atoms with Crippen LogP contribution in [-0.4, -0.2) is 14.8 Å². The molecular weight excluding hydrogens is 406 g/mol. The van der Waals surface area contributed by atoms with Crippen LogP contribution >= 0.6 is 11.8 Å². The minimum atomic E-state index is -4.42. The lowest BCUT2D eigenvalue weighted by Crippen LogP contribution is -2.05. The van der Waals surface area contributed by atoms with Crippen molar-refractivity contribution in [1.82, 2.24) is 14.8 Å². The Kier molecular flexibility index (Phi) is 5.14. The lowest BCUT2D eigenvalue weighted by Gasteiger charge is -2.11. The van der Waals surface area contributed by atoms with Gasteiger partial charge in [-0.25, -0.2) is 4.39 Å². The first-order valence-electron chi connectivity index (χ1n) is 8.46. The first-order chi connectivity index (χ1) is 13.9. The maximum atomic E-state index is 14.5. The molecule has 0 saturated carbocycles. The number of halogens is 4. The molecule has 0 saturated heterocycles. The van der Waals surface area contributed by atoms with Crippen molar-refractivity contribution in [3.8, 4) is 17.3 Å². The van der Waals surface area contributed by atoms with Crippen LogP contribution in [0.3, 0.4) is 0 Å². The topological polar surface area (TPSA) is 43.9 Å². The van der Waals surface area contributed by atoms with Gasteiger partial charge in [0.2, 0.25) is 5.82 Å². The average molecular weight is 419 g/mol. The van der Waals surface area contributed by atoms with Gasteiger partial charge in [-0.05, 0) is 35.9 Å². The van der Waals surface area contributed by atoms with Crippen LogP contribution < -0.4 is 0 Å². The minimum Gasteiger partial charge on any atom is -0.461 e. The molecule has 0 aliphatic rings. The van der Waals surface area contributed by atoms with Gasteiger partial charge in [-0.1, -0.05) is 42.1 Å². The zero-order chi connectivity index (χ0) is 20.4. The Hall–Kier alpha value is -3.07. The summed E-state index contributed by atoms with van der Waals surface area (Å²) in [5.74, 6) is 0.411. The van der Waals surface area contributed by atoms with E-state index in [9.17, 15) is 17.6 Å². The molecule has 0 unspecified atom stereocenters. The fraction of sp³-hybridized carbons (Fsp3) is 0.100. The molecule has 2 aromatic heterocycles. The molecule has 0 fully saturated rings. The highest BCUT2D eigenvalue weighted by molar-refractivity contribution is 7.98. The van der Waals surface area contributed by atoms with Crippen LogP contribution in [-0.2, 0) is 11.9 Å². The summed E-state index contributed by atoms with van der Waals surface area (Å²) in [5.41, 5.74) is -0.0367. The van der Waals surface area contributed by atoms with Crippen molar-refractivity contribution >= 4 is 11.8 Å². The van der Waals surface area contributed by atoms with E-state index in [1.54, 1.807) is 36.4 Å². The summed E-state index contributed by atoms with van der Waals surface area (Å²) in [7, 11) is 0. The maximum Gasteiger partial charge on any atom is 0.416 e. The molecule has 0 aliphatic heterocycles. The van der Waals surface area contributed by atoms with E-state index >= 15 is 0 Å². The van der Waals surface area contributed by atoms with Gasteiger partial charge in [0.25, 0.3) is 0 Å². The molecular formula is C20H13F4N3OS. The summed E-state index contributed by atoms with van der Waals surface area (Å²) < 4.78 is 60.1. The van der Waals surface area contributed by atoms with Gasteiger partial charge < -0.3 is 4.42 Å². The third-order valence-electron chi connectivity index (χ3n) is 4.09. The predicted octanol–water partition coefficient (Wildman–Crippen LogP) is 5.98. The van der Waals surface area contributed by atoms with Gasteiger partial charge in [0.15, 0.2) is 10.9 Å². The maximum absolute atomic E-state index is 14.5. The molecule has 4 nitrogen and oxygen atoms in total. The molecule has 2 heterocycles. The van der Waals surface area contributed by atoms with Crippen molar-refractivity contribution in [3.05, 3.63) is 83.9 Å². The lowest BCUT2D eigenvalue weighted by atomic mass is 10.1. The van der Waals surface area contributed by atoms with Crippen LogP contribution in [0, 0.1) is 5.82 Å². The van der Waals surface area contributed by atoms with Crippen molar-refractivity contribution in [1.29, 1.82) is 0 Å². The molecule has 4 rings (SSSR count). The Bertz CT molecular complexity index is 1120. The van der Waals surface area contributed by atoms with Crippen LogP contribution in [0.2, 0.25) is 0 Å². The van der Waals surface area contributed by atoms with Crippen LogP contribution in [0.5, 0.6) is 0 Å². The van der Waals surface area contributed by atoms with Crippen LogP contribution in [0.15, 0.2) is 76.5 Å². The van der Waals surface area contributed by atoms with E-state index in [2.05, 4.69) is 10.2 Å². The van der Waals surface area contributed by atoms with Gasteiger partial charge in [0.05, 0.1) is 17.5 Å². The van der Waals surface area contributed by atoms with Crippen LogP contribution in [0.1, 0.15) is 11.1 Å². The highest BCUT2D eigenvalue weighted by atomic mass is 32.2. The van der Waals surface area contributed by atoms with Crippen molar-refractivity contribution in [2.24, 2.45) is 0 Å². The summed E-state index contributed by atoms with van der Waals surface area (Å²) in [6.07, 6.45) is -2.95. The van der Waals surface area contributed by atoms with E-state index in [-0.39, 0.29) is 11.4 Å². The van der Waals surface area contributed by atoms with E-state index in [0.717, 1.165) is 23.9 Å². The summed E-state index contributed by atoms with van der Waals surface area (Å²) in [6, 6.07) is 14.5. The molecule has 9 heteroatoms. The Morgan fingerprint density at radius 3 is 2.52 bits per heavy atom. The number of para-hydroxylation sites is 1. The van der Waals surface area contributed by atoms with Gasteiger partial charge in [-0.15, -0.1) is 10.2 Å². The molecule has 0 spiro atoms. The van der Waals surface area contributed by atoms with E-state index in [0.29, 0.717) is 22.3 Å². The number of thioether (sulfide) groups is 1. The Labute approximate surface area is 167 Å². The molecule has 0 amide bonds. The summed E-state index contributed by atoms with van der Waals surface area (Å²) in [5, 5.41) is 8.53. The highest BCUT2D eigenvalue weighted by Crippen LogP contribution is 2.33. The minimum absolute atomic E-state index is 0.203. The van der Waals surface area contributed by atoms with Crippen LogP contribution in [0.4, 0.5) is 17.6 Å². The number of rotatable bonds is 5. The van der Waals surface area contributed by atoms with Gasteiger partial charge in [-0.3, -0.25) is 4.57 Å². The van der Waals surface area contributed by atoms with Gasteiger partial charge in [0, 0.05) is 5.75 Å². The zero-order valence-corrected chi connectivity index (χ0v) is 15.5. The fourth-order valence-electron chi connectivity index (χ4n) is 2.76. The molecule has 0 radical (unpaired) electrons. The first-order valence-corrected chi connectivity index (χ1v) is 9.45. The van der Waals surface area contributed by atoms with E-state index < -0.39 is 17.6 Å². The average Bonchev–Trinajstić information content (AvgIpc) is 3.36. The molecule has 0 atom stereocenters. The van der Waals surface area contributed by atoms with E-state index in [4.69, 9.17) is 4.42 Å². The fourth-order valence-corrected chi connectivity index (χ4v) is 3.65. The molecule has 4 aromatic rings. The molecule has 2 aromatic carbocycles. The third-order valence-corrected chi connectivity index (χ3v) is 5.09. The van der Waals surface area contributed by atoms with Gasteiger partial charge in [-0.2, -0.15) is 13.2 Å². The number of benzene rings is 2. The van der Waals surface area contributed by atoms with E-state index in [1.165, 1.54) is 23.0 Å².